The van der Waals surface area contributed by atoms with Gasteiger partial charge in [-0.1, -0.05) is 55.5 Å². The largest absolute Gasteiger partial charge is 0.287 e. The number of hydrogen-bond donors (Lipinski definition) is 1. The summed E-state index contributed by atoms with van der Waals surface area (Å²) in [5.41, 5.74) is 3.81. The van der Waals surface area contributed by atoms with E-state index in [-0.39, 0.29) is 5.71 Å². The van der Waals surface area contributed by atoms with Crippen molar-refractivity contribution < 1.29 is 9.59 Å². The second-order valence-corrected chi connectivity index (χ2v) is 5.98. The number of para-hydroxylation sites is 1. The quantitative estimate of drug-likeness (QED) is 0.670. The molecule has 7 nitrogen and oxygen atoms in total. The highest BCUT2D eigenvalue weighted by Gasteiger charge is 2.40. The zero-order valence-corrected chi connectivity index (χ0v) is 14.6. The van der Waals surface area contributed by atoms with Crippen molar-refractivity contribution in [1.29, 1.82) is 5.26 Å². The van der Waals surface area contributed by atoms with Crippen molar-refractivity contribution in [3.8, 4) is 6.07 Å². The highest BCUT2D eigenvalue weighted by molar-refractivity contribution is 6.41. The van der Waals surface area contributed by atoms with Crippen molar-refractivity contribution in [2.75, 3.05) is 5.01 Å². The first kappa shape index (κ1) is 18.0. The number of rotatable bonds is 4. The molecule has 0 bridgehead atoms. The number of carbonyl (C=O) groups excluding carboxylic acids is 2. The molecule has 0 saturated heterocycles. The van der Waals surface area contributed by atoms with E-state index in [2.05, 4.69) is 15.6 Å². The van der Waals surface area contributed by atoms with Crippen LogP contribution in [0.1, 0.15) is 12.5 Å². The van der Waals surface area contributed by atoms with Crippen LogP contribution in [0, 0.1) is 23.2 Å². The number of hydrazone groups is 2. The van der Waals surface area contributed by atoms with Gasteiger partial charge in [0.1, 0.15) is 11.6 Å². The molecule has 27 heavy (non-hydrogen) atoms. The summed E-state index contributed by atoms with van der Waals surface area (Å²) in [6, 6.07) is 20.0. The van der Waals surface area contributed by atoms with Gasteiger partial charge in [0.05, 0.1) is 18.0 Å². The Morgan fingerprint density at radius 2 is 1.81 bits per heavy atom. The number of benzene rings is 2. The van der Waals surface area contributed by atoms with Gasteiger partial charge in [-0.2, -0.15) is 20.5 Å². The molecule has 2 aromatic carbocycles. The molecule has 0 spiro atoms. The number of nitriles is 1. The molecular weight excluding hydrogens is 342 g/mol. The smallest absolute Gasteiger partial charge is 0.271 e. The van der Waals surface area contributed by atoms with E-state index in [1.807, 2.05) is 36.4 Å². The van der Waals surface area contributed by atoms with Crippen molar-refractivity contribution >= 4 is 29.4 Å². The summed E-state index contributed by atoms with van der Waals surface area (Å²) in [6.07, 6.45) is 1.51. The lowest BCUT2D eigenvalue weighted by Crippen LogP contribution is -2.47. The minimum absolute atomic E-state index is 0.0789. The standard InChI is InChI=1S/C20H17N5O2/c1-14-17(12-21)20(27)25(16-10-6-3-7-11-16)24-18(14)19(26)23-22-13-15-8-4-2-5-9-15/h2-11,13-14,17H,1H3,(H,23,26)/b22-13+. The topological polar surface area (TPSA) is 97.9 Å². The second-order valence-electron chi connectivity index (χ2n) is 5.98. The Kier molecular flexibility index (Phi) is 5.38. The van der Waals surface area contributed by atoms with Gasteiger partial charge in [0, 0.05) is 5.92 Å². The average molecular weight is 359 g/mol. The van der Waals surface area contributed by atoms with E-state index in [1.165, 1.54) is 6.21 Å². The highest BCUT2D eigenvalue weighted by atomic mass is 16.2. The maximum absolute atomic E-state index is 12.6. The van der Waals surface area contributed by atoms with Crippen molar-refractivity contribution in [3.05, 3.63) is 66.2 Å². The zero-order valence-electron chi connectivity index (χ0n) is 14.6. The van der Waals surface area contributed by atoms with E-state index >= 15 is 0 Å². The van der Waals surface area contributed by atoms with Crippen molar-refractivity contribution in [3.63, 3.8) is 0 Å². The van der Waals surface area contributed by atoms with Gasteiger partial charge in [-0.3, -0.25) is 9.59 Å². The maximum Gasteiger partial charge on any atom is 0.287 e. The molecule has 2 unspecified atom stereocenters. The van der Waals surface area contributed by atoms with Gasteiger partial charge >= 0.3 is 0 Å². The van der Waals surface area contributed by atoms with E-state index in [0.717, 1.165) is 10.6 Å². The molecule has 0 fully saturated rings. The van der Waals surface area contributed by atoms with E-state index in [4.69, 9.17) is 0 Å². The lowest BCUT2D eigenvalue weighted by atomic mass is 9.88. The SMILES string of the molecule is CC1C(C(=O)N/N=C/c2ccccc2)=NN(c2ccccc2)C(=O)C1C#N. The van der Waals surface area contributed by atoms with Gasteiger partial charge in [0.25, 0.3) is 11.8 Å². The van der Waals surface area contributed by atoms with Crippen LogP contribution in [0.15, 0.2) is 70.9 Å². The van der Waals surface area contributed by atoms with Crippen LogP contribution in [0.3, 0.4) is 0 Å². The first-order valence-electron chi connectivity index (χ1n) is 8.37. The Bertz CT molecular complexity index is 932. The predicted octanol–water partition coefficient (Wildman–Crippen LogP) is 2.32. The van der Waals surface area contributed by atoms with Crippen LogP contribution in [0.5, 0.6) is 0 Å². The zero-order chi connectivity index (χ0) is 19.2. The summed E-state index contributed by atoms with van der Waals surface area (Å²) in [5, 5.41) is 18.6. The van der Waals surface area contributed by atoms with Gasteiger partial charge < -0.3 is 0 Å². The van der Waals surface area contributed by atoms with Gasteiger partial charge in [-0.15, -0.1) is 0 Å². The molecule has 0 radical (unpaired) electrons. The molecule has 0 saturated carbocycles. The fraction of sp³-hybridized carbons (Fsp3) is 0.150. The first-order valence-corrected chi connectivity index (χ1v) is 8.37. The summed E-state index contributed by atoms with van der Waals surface area (Å²) in [4.78, 5) is 25.1. The molecule has 0 aliphatic carbocycles. The number of carbonyl (C=O) groups is 2. The molecule has 1 aliphatic heterocycles. The van der Waals surface area contributed by atoms with E-state index in [0.29, 0.717) is 5.69 Å². The third-order valence-electron chi connectivity index (χ3n) is 4.17. The Morgan fingerprint density at radius 1 is 1.19 bits per heavy atom. The molecule has 7 heteroatoms. The van der Waals surface area contributed by atoms with Crippen LogP contribution in [-0.2, 0) is 9.59 Å². The van der Waals surface area contributed by atoms with Crippen molar-refractivity contribution in [2.45, 2.75) is 6.92 Å². The molecule has 2 aromatic rings. The van der Waals surface area contributed by atoms with Crippen LogP contribution >= 0.6 is 0 Å². The molecule has 2 amide bonds. The number of hydrogen-bond acceptors (Lipinski definition) is 5. The fourth-order valence-corrected chi connectivity index (χ4v) is 2.69. The minimum atomic E-state index is -0.999. The van der Waals surface area contributed by atoms with Gasteiger partial charge in [0.2, 0.25) is 0 Å². The normalized spacial score (nSPS) is 19.5. The van der Waals surface area contributed by atoms with Crippen LogP contribution in [-0.4, -0.2) is 23.7 Å². The summed E-state index contributed by atoms with van der Waals surface area (Å²) < 4.78 is 0. The maximum atomic E-state index is 12.6. The Morgan fingerprint density at radius 3 is 2.44 bits per heavy atom. The molecule has 0 aromatic heterocycles. The lowest BCUT2D eigenvalue weighted by Gasteiger charge is -2.29. The Hall–Kier alpha value is -3.79. The fourth-order valence-electron chi connectivity index (χ4n) is 2.69. The molecule has 3 rings (SSSR count). The first-order chi connectivity index (χ1) is 13.1. The molecular formula is C20H17N5O2. The third kappa shape index (κ3) is 3.90. The van der Waals surface area contributed by atoms with Gasteiger partial charge in [0.15, 0.2) is 0 Å². The molecule has 1 N–H and O–H groups in total. The predicted molar refractivity (Wildman–Crippen MR) is 102 cm³/mol. The van der Waals surface area contributed by atoms with Gasteiger partial charge in [-0.25, -0.2) is 5.43 Å². The monoisotopic (exact) mass is 359 g/mol. The number of amides is 2. The summed E-state index contributed by atoms with van der Waals surface area (Å²) in [5.74, 6) is -2.65. The Balaban J connectivity index is 1.85. The summed E-state index contributed by atoms with van der Waals surface area (Å²) >= 11 is 0. The molecule has 2 atom stereocenters. The summed E-state index contributed by atoms with van der Waals surface area (Å²) in [7, 11) is 0. The number of anilines is 1. The van der Waals surface area contributed by atoms with Crippen LogP contribution < -0.4 is 10.4 Å². The minimum Gasteiger partial charge on any atom is -0.271 e. The molecule has 134 valence electrons. The van der Waals surface area contributed by atoms with E-state index in [1.54, 1.807) is 37.3 Å². The number of nitrogens with zero attached hydrogens (tertiary/aromatic N) is 4. The van der Waals surface area contributed by atoms with Crippen LogP contribution in [0.2, 0.25) is 0 Å². The third-order valence-corrected chi connectivity index (χ3v) is 4.17. The lowest BCUT2D eigenvalue weighted by molar-refractivity contribution is -0.122. The van der Waals surface area contributed by atoms with Gasteiger partial charge in [-0.05, 0) is 17.7 Å². The number of nitrogens with one attached hydrogen (secondary N) is 1. The Labute approximate surface area is 156 Å². The van der Waals surface area contributed by atoms with Crippen molar-refractivity contribution in [2.24, 2.45) is 22.0 Å². The highest BCUT2D eigenvalue weighted by Crippen LogP contribution is 2.26. The van der Waals surface area contributed by atoms with Crippen LogP contribution in [0.4, 0.5) is 5.69 Å². The molecule has 1 heterocycles. The average Bonchev–Trinajstić information content (AvgIpc) is 2.70. The summed E-state index contributed by atoms with van der Waals surface area (Å²) in [6.45, 7) is 1.63. The second kappa shape index (κ2) is 8.06. The molecule has 1 aliphatic rings. The van der Waals surface area contributed by atoms with Crippen LogP contribution in [0.25, 0.3) is 0 Å². The van der Waals surface area contributed by atoms with E-state index in [9.17, 15) is 14.9 Å². The van der Waals surface area contributed by atoms with Crippen molar-refractivity contribution in [1.82, 2.24) is 5.43 Å². The van der Waals surface area contributed by atoms with E-state index < -0.39 is 23.7 Å².